The molecule has 0 bridgehead atoms. The van der Waals surface area contributed by atoms with Gasteiger partial charge in [0, 0.05) is 19.2 Å². The predicted molar refractivity (Wildman–Crippen MR) is 84.1 cm³/mol. The molecule has 24 heavy (non-hydrogen) atoms. The Hall–Kier alpha value is -2.64. The van der Waals surface area contributed by atoms with Crippen LogP contribution in [0.2, 0.25) is 0 Å². The number of halogens is 2. The first-order valence-corrected chi connectivity index (χ1v) is 7.75. The van der Waals surface area contributed by atoms with E-state index in [1.807, 2.05) is 6.20 Å². The lowest BCUT2D eigenvalue weighted by Gasteiger charge is -2.12. The third kappa shape index (κ3) is 4.01. The molecule has 8 heteroatoms. The normalized spacial score (nSPS) is 13.5. The molecule has 2 aromatic rings. The second kappa shape index (κ2) is 7.29. The number of rotatable bonds is 5. The Morgan fingerprint density at radius 2 is 2.17 bits per heavy atom. The van der Waals surface area contributed by atoms with Crippen LogP contribution in [0.3, 0.4) is 0 Å². The number of aromatic nitrogens is 2. The van der Waals surface area contributed by atoms with E-state index in [0.717, 1.165) is 37.3 Å². The fraction of sp³-hybridized carbons (Fsp3) is 0.375. The Balaban J connectivity index is 1.57. The van der Waals surface area contributed by atoms with Gasteiger partial charge in [-0.1, -0.05) is 12.1 Å². The number of carbonyl (C=O) groups excluding carboxylic acids is 1. The molecule has 6 nitrogen and oxygen atoms in total. The van der Waals surface area contributed by atoms with E-state index < -0.39 is 12.6 Å². The summed E-state index contributed by atoms with van der Waals surface area (Å²) in [4.78, 5) is 16.5. The van der Waals surface area contributed by atoms with Gasteiger partial charge >= 0.3 is 12.6 Å². The highest BCUT2D eigenvalue weighted by atomic mass is 19.3. The molecule has 0 spiro atoms. The summed E-state index contributed by atoms with van der Waals surface area (Å²) in [5.74, 6) is 0.953. The molecule has 2 amide bonds. The summed E-state index contributed by atoms with van der Waals surface area (Å²) in [6.45, 7) is -1.73. The summed E-state index contributed by atoms with van der Waals surface area (Å²) in [6, 6.07) is 5.53. The Bertz CT molecular complexity index is 694. The van der Waals surface area contributed by atoms with Gasteiger partial charge in [-0.2, -0.15) is 8.78 Å². The second-order valence-electron chi connectivity index (χ2n) is 5.48. The second-order valence-corrected chi connectivity index (χ2v) is 5.48. The molecule has 3 rings (SSSR count). The zero-order valence-electron chi connectivity index (χ0n) is 13.0. The van der Waals surface area contributed by atoms with Crippen LogP contribution in [0.15, 0.2) is 30.5 Å². The SMILES string of the molecule is O=C(NCc1cn2c(n1)CCCC2)Nc1ccccc1OC(F)F. The van der Waals surface area contributed by atoms with E-state index in [-0.39, 0.29) is 18.0 Å². The molecule has 1 aromatic carbocycles. The fourth-order valence-corrected chi connectivity index (χ4v) is 2.66. The Labute approximate surface area is 137 Å². The van der Waals surface area contributed by atoms with Crippen molar-refractivity contribution in [1.82, 2.24) is 14.9 Å². The number of hydrogen-bond donors (Lipinski definition) is 2. The molecule has 0 saturated heterocycles. The van der Waals surface area contributed by atoms with Crippen molar-refractivity contribution in [2.75, 3.05) is 5.32 Å². The van der Waals surface area contributed by atoms with E-state index in [9.17, 15) is 13.6 Å². The molecule has 0 unspecified atom stereocenters. The van der Waals surface area contributed by atoms with Crippen molar-refractivity contribution in [2.24, 2.45) is 0 Å². The number of hydrogen-bond acceptors (Lipinski definition) is 3. The minimum atomic E-state index is -2.95. The number of nitrogens with one attached hydrogen (secondary N) is 2. The third-order valence-corrected chi connectivity index (χ3v) is 3.74. The number of benzene rings is 1. The number of alkyl halides is 2. The van der Waals surface area contributed by atoms with Gasteiger partial charge < -0.3 is 19.9 Å². The van der Waals surface area contributed by atoms with Crippen molar-refractivity contribution >= 4 is 11.7 Å². The number of ether oxygens (including phenoxy) is 1. The van der Waals surface area contributed by atoms with Crippen LogP contribution in [-0.4, -0.2) is 22.2 Å². The maximum Gasteiger partial charge on any atom is 0.387 e. The molecule has 0 radical (unpaired) electrons. The lowest BCUT2D eigenvalue weighted by Crippen LogP contribution is -2.28. The van der Waals surface area contributed by atoms with Crippen LogP contribution in [0.25, 0.3) is 0 Å². The van der Waals surface area contributed by atoms with Crippen molar-refractivity contribution in [2.45, 2.75) is 39.0 Å². The van der Waals surface area contributed by atoms with Gasteiger partial charge in [-0.15, -0.1) is 0 Å². The van der Waals surface area contributed by atoms with Gasteiger partial charge in [-0.05, 0) is 25.0 Å². The van der Waals surface area contributed by atoms with Crippen molar-refractivity contribution in [3.63, 3.8) is 0 Å². The lowest BCUT2D eigenvalue weighted by molar-refractivity contribution is -0.0493. The van der Waals surface area contributed by atoms with Gasteiger partial charge in [0.2, 0.25) is 0 Å². The van der Waals surface area contributed by atoms with Crippen molar-refractivity contribution < 1.29 is 18.3 Å². The number of amides is 2. The maximum absolute atomic E-state index is 12.4. The summed E-state index contributed by atoms with van der Waals surface area (Å²) in [5, 5.41) is 5.17. The highest BCUT2D eigenvalue weighted by Crippen LogP contribution is 2.25. The van der Waals surface area contributed by atoms with E-state index in [4.69, 9.17) is 0 Å². The quantitative estimate of drug-likeness (QED) is 0.881. The molecule has 2 heterocycles. The average molecular weight is 336 g/mol. The molecule has 0 atom stereocenters. The van der Waals surface area contributed by atoms with E-state index in [1.165, 1.54) is 12.1 Å². The number of aryl methyl sites for hydroxylation is 2. The monoisotopic (exact) mass is 336 g/mol. The van der Waals surface area contributed by atoms with Crippen LogP contribution in [-0.2, 0) is 19.5 Å². The molecule has 1 aliphatic rings. The van der Waals surface area contributed by atoms with E-state index in [2.05, 4.69) is 24.9 Å². The number of para-hydroxylation sites is 2. The van der Waals surface area contributed by atoms with Crippen LogP contribution in [0.4, 0.5) is 19.3 Å². The van der Waals surface area contributed by atoms with E-state index >= 15 is 0 Å². The molecule has 128 valence electrons. The first-order chi connectivity index (χ1) is 11.6. The average Bonchev–Trinajstić information content (AvgIpc) is 2.97. The third-order valence-electron chi connectivity index (χ3n) is 3.74. The predicted octanol–water partition coefficient (Wildman–Crippen LogP) is 3.14. The zero-order chi connectivity index (χ0) is 16.9. The van der Waals surface area contributed by atoms with Crippen molar-refractivity contribution in [3.05, 3.63) is 42.0 Å². The van der Waals surface area contributed by atoms with E-state index in [1.54, 1.807) is 12.1 Å². The van der Waals surface area contributed by atoms with Crippen molar-refractivity contribution in [3.8, 4) is 5.75 Å². The minimum Gasteiger partial charge on any atom is -0.433 e. The van der Waals surface area contributed by atoms with Crippen LogP contribution in [0.5, 0.6) is 5.75 Å². The molecule has 0 aliphatic carbocycles. The highest BCUT2D eigenvalue weighted by molar-refractivity contribution is 5.90. The maximum atomic E-state index is 12.4. The molecular formula is C16H18F2N4O2. The molecule has 1 aromatic heterocycles. The highest BCUT2D eigenvalue weighted by Gasteiger charge is 2.14. The summed E-state index contributed by atoms with van der Waals surface area (Å²) in [5.41, 5.74) is 0.957. The van der Waals surface area contributed by atoms with Crippen LogP contribution in [0.1, 0.15) is 24.4 Å². The summed E-state index contributed by atoms with van der Waals surface area (Å²) in [6.07, 6.45) is 5.15. The first-order valence-electron chi connectivity index (χ1n) is 7.75. The Kier molecular flexibility index (Phi) is 4.93. The number of urea groups is 1. The number of nitrogens with zero attached hydrogens (tertiary/aromatic N) is 2. The van der Waals surface area contributed by atoms with Gasteiger partial charge in [0.05, 0.1) is 17.9 Å². The molecule has 0 fully saturated rings. The molecular weight excluding hydrogens is 318 g/mol. The minimum absolute atomic E-state index is 0.0832. The van der Waals surface area contributed by atoms with E-state index in [0.29, 0.717) is 0 Å². The van der Waals surface area contributed by atoms with Crippen molar-refractivity contribution in [1.29, 1.82) is 0 Å². The smallest absolute Gasteiger partial charge is 0.387 e. The van der Waals surface area contributed by atoms with Crippen LogP contribution >= 0.6 is 0 Å². The van der Waals surface area contributed by atoms with Gasteiger partial charge in [-0.3, -0.25) is 0 Å². The summed E-state index contributed by atoms with van der Waals surface area (Å²) >= 11 is 0. The van der Waals surface area contributed by atoms with Gasteiger partial charge in [0.15, 0.2) is 0 Å². The number of fused-ring (bicyclic) bond motifs is 1. The van der Waals surface area contributed by atoms with Crippen LogP contribution in [0, 0.1) is 0 Å². The number of imidazole rings is 1. The topological polar surface area (TPSA) is 68.2 Å². The van der Waals surface area contributed by atoms with Gasteiger partial charge in [0.25, 0.3) is 0 Å². The van der Waals surface area contributed by atoms with Gasteiger partial charge in [-0.25, -0.2) is 9.78 Å². The summed E-state index contributed by atoms with van der Waals surface area (Å²) < 4.78 is 31.2. The molecule has 2 N–H and O–H groups in total. The molecule has 0 saturated carbocycles. The number of carbonyl (C=O) groups is 1. The van der Waals surface area contributed by atoms with Crippen LogP contribution < -0.4 is 15.4 Å². The fourth-order valence-electron chi connectivity index (χ4n) is 2.66. The standard InChI is InChI=1S/C16H18F2N4O2/c17-15(18)24-13-6-2-1-5-12(13)21-16(23)19-9-11-10-22-8-4-3-7-14(22)20-11/h1-2,5-6,10,15H,3-4,7-9H2,(H2,19,21,23). The Morgan fingerprint density at radius 3 is 2.96 bits per heavy atom. The lowest BCUT2D eigenvalue weighted by atomic mass is 10.2. The largest absolute Gasteiger partial charge is 0.433 e. The summed E-state index contributed by atoms with van der Waals surface area (Å²) in [7, 11) is 0. The Morgan fingerprint density at radius 1 is 1.33 bits per heavy atom. The van der Waals surface area contributed by atoms with Gasteiger partial charge in [0.1, 0.15) is 11.6 Å². The molecule has 1 aliphatic heterocycles. The number of anilines is 1. The first kappa shape index (κ1) is 16.2. The zero-order valence-corrected chi connectivity index (χ0v) is 13.0.